The van der Waals surface area contributed by atoms with Crippen molar-refractivity contribution >= 4 is 11.8 Å². The number of carbonyl (C=O) groups is 2. The molecule has 0 atom stereocenters. The number of para-hydroxylation sites is 1. The van der Waals surface area contributed by atoms with Gasteiger partial charge in [0, 0.05) is 25.0 Å². The van der Waals surface area contributed by atoms with Gasteiger partial charge in [0.1, 0.15) is 5.75 Å². The van der Waals surface area contributed by atoms with Crippen molar-refractivity contribution in [2.75, 3.05) is 19.7 Å². The van der Waals surface area contributed by atoms with E-state index in [1.54, 1.807) is 6.07 Å². The molecule has 0 spiro atoms. The van der Waals surface area contributed by atoms with Crippen LogP contribution in [0.15, 0.2) is 24.3 Å². The number of likely N-dealkylation sites (tertiary alicyclic amines) is 1. The molecule has 0 radical (unpaired) electrons. The summed E-state index contributed by atoms with van der Waals surface area (Å²) in [5.41, 5.74) is 0.573. The van der Waals surface area contributed by atoms with Crippen LogP contribution < -0.4 is 10.1 Å². The molecule has 1 N–H and O–H groups in total. The fraction of sp³-hybridized carbons (Fsp3) is 0.600. The Morgan fingerprint density at radius 2 is 1.80 bits per heavy atom. The van der Waals surface area contributed by atoms with E-state index in [-0.39, 0.29) is 23.8 Å². The SMILES string of the molecule is CC(C)NC(=O)c1ccccc1OCC1CCN(C(=O)C(C)C)CC1. The summed E-state index contributed by atoms with van der Waals surface area (Å²) in [6.45, 7) is 9.92. The van der Waals surface area contributed by atoms with Crippen LogP contribution in [-0.2, 0) is 4.79 Å². The lowest BCUT2D eigenvalue weighted by Gasteiger charge is -2.33. The summed E-state index contributed by atoms with van der Waals surface area (Å²) in [6.07, 6.45) is 1.89. The standard InChI is InChI=1S/C20H30N2O3/c1-14(2)20(24)22-11-9-16(10-12-22)13-25-18-8-6-5-7-17(18)19(23)21-15(3)4/h5-8,14-16H,9-13H2,1-4H3,(H,21,23). The molecule has 0 bridgehead atoms. The zero-order chi connectivity index (χ0) is 18.4. The maximum absolute atomic E-state index is 12.3. The van der Waals surface area contributed by atoms with Gasteiger partial charge in [-0.3, -0.25) is 9.59 Å². The Bertz CT molecular complexity index is 590. The molecule has 5 heteroatoms. The van der Waals surface area contributed by atoms with E-state index < -0.39 is 0 Å². The van der Waals surface area contributed by atoms with Crippen LogP contribution in [0.3, 0.4) is 0 Å². The van der Waals surface area contributed by atoms with E-state index in [1.807, 2.05) is 50.8 Å². The zero-order valence-corrected chi connectivity index (χ0v) is 15.7. The number of nitrogens with zero attached hydrogens (tertiary/aromatic N) is 1. The fourth-order valence-corrected chi connectivity index (χ4v) is 3.01. The van der Waals surface area contributed by atoms with Gasteiger partial charge in [-0.2, -0.15) is 0 Å². The van der Waals surface area contributed by atoms with Crippen LogP contribution in [0.1, 0.15) is 50.9 Å². The number of nitrogens with one attached hydrogen (secondary N) is 1. The second kappa shape index (κ2) is 8.88. The third-order valence-electron chi connectivity index (χ3n) is 4.45. The van der Waals surface area contributed by atoms with Crippen LogP contribution >= 0.6 is 0 Å². The Balaban J connectivity index is 1.88. The predicted molar refractivity (Wildman–Crippen MR) is 98.7 cm³/mol. The van der Waals surface area contributed by atoms with Crippen LogP contribution in [0.4, 0.5) is 0 Å². The molecule has 25 heavy (non-hydrogen) atoms. The highest BCUT2D eigenvalue weighted by atomic mass is 16.5. The van der Waals surface area contributed by atoms with Gasteiger partial charge in [0.2, 0.25) is 5.91 Å². The molecule has 2 amide bonds. The van der Waals surface area contributed by atoms with Crippen molar-refractivity contribution in [3.8, 4) is 5.75 Å². The van der Waals surface area contributed by atoms with E-state index in [2.05, 4.69) is 5.32 Å². The van der Waals surface area contributed by atoms with Crippen LogP contribution in [0.2, 0.25) is 0 Å². The van der Waals surface area contributed by atoms with Gasteiger partial charge in [0.25, 0.3) is 5.91 Å². The van der Waals surface area contributed by atoms with E-state index in [4.69, 9.17) is 4.74 Å². The molecule has 0 aliphatic carbocycles. The van der Waals surface area contributed by atoms with Crippen molar-refractivity contribution in [1.82, 2.24) is 10.2 Å². The van der Waals surface area contributed by atoms with Crippen LogP contribution in [0, 0.1) is 11.8 Å². The minimum Gasteiger partial charge on any atom is -0.492 e. The van der Waals surface area contributed by atoms with E-state index in [0.717, 1.165) is 25.9 Å². The zero-order valence-electron chi connectivity index (χ0n) is 15.7. The summed E-state index contributed by atoms with van der Waals surface area (Å²) < 4.78 is 5.96. The molecule has 1 aromatic carbocycles. The lowest BCUT2D eigenvalue weighted by Crippen LogP contribution is -2.41. The first kappa shape index (κ1) is 19.3. The summed E-state index contributed by atoms with van der Waals surface area (Å²) in [5, 5.41) is 2.90. The summed E-state index contributed by atoms with van der Waals surface area (Å²) >= 11 is 0. The first-order valence-electron chi connectivity index (χ1n) is 9.20. The Hall–Kier alpha value is -2.04. The third-order valence-corrected chi connectivity index (χ3v) is 4.45. The van der Waals surface area contributed by atoms with Gasteiger partial charge in [-0.25, -0.2) is 0 Å². The van der Waals surface area contributed by atoms with Crippen LogP contribution in [0.5, 0.6) is 5.75 Å². The van der Waals surface area contributed by atoms with Crippen molar-refractivity contribution in [2.45, 2.75) is 46.6 Å². The number of benzene rings is 1. The Morgan fingerprint density at radius 1 is 1.16 bits per heavy atom. The average Bonchev–Trinajstić information content (AvgIpc) is 2.59. The Labute approximate surface area is 150 Å². The van der Waals surface area contributed by atoms with Gasteiger partial charge in [-0.05, 0) is 44.7 Å². The molecular formula is C20H30N2O3. The molecular weight excluding hydrogens is 316 g/mol. The molecule has 0 saturated carbocycles. The van der Waals surface area contributed by atoms with E-state index in [0.29, 0.717) is 23.8 Å². The molecule has 1 aliphatic heterocycles. The second-order valence-electron chi connectivity index (χ2n) is 7.36. The highest BCUT2D eigenvalue weighted by molar-refractivity contribution is 5.97. The maximum atomic E-state index is 12.3. The Kier molecular flexibility index (Phi) is 6.85. The second-order valence-corrected chi connectivity index (χ2v) is 7.36. The quantitative estimate of drug-likeness (QED) is 0.861. The number of piperidine rings is 1. The van der Waals surface area contributed by atoms with Gasteiger partial charge in [0.15, 0.2) is 0 Å². The average molecular weight is 346 g/mol. The van der Waals surface area contributed by atoms with E-state index in [9.17, 15) is 9.59 Å². The molecule has 0 unspecified atom stereocenters. The number of carbonyl (C=O) groups excluding carboxylic acids is 2. The molecule has 1 saturated heterocycles. The summed E-state index contributed by atoms with van der Waals surface area (Å²) in [7, 11) is 0. The number of ether oxygens (including phenoxy) is 1. The highest BCUT2D eigenvalue weighted by Crippen LogP contribution is 2.23. The highest BCUT2D eigenvalue weighted by Gasteiger charge is 2.25. The van der Waals surface area contributed by atoms with Gasteiger partial charge in [0.05, 0.1) is 12.2 Å². The van der Waals surface area contributed by atoms with Gasteiger partial charge in [-0.15, -0.1) is 0 Å². The number of rotatable bonds is 6. The minimum atomic E-state index is -0.108. The first-order chi connectivity index (χ1) is 11.9. The maximum Gasteiger partial charge on any atom is 0.255 e. The molecule has 1 heterocycles. The van der Waals surface area contributed by atoms with E-state index in [1.165, 1.54) is 0 Å². The predicted octanol–water partition coefficient (Wildman–Crippen LogP) is 3.10. The van der Waals surface area contributed by atoms with Crippen molar-refractivity contribution < 1.29 is 14.3 Å². The monoisotopic (exact) mass is 346 g/mol. The normalized spacial score (nSPS) is 15.5. The number of amides is 2. The molecule has 138 valence electrons. The number of hydrogen-bond acceptors (Lipinski definition) is 3. The van der Waals surface area contributed by atoms with Gasteiger partial charge in [-0.1, -0.05) is 26.0 Å². The Morgan fingerprint density at radius 3 is 2.40 bits per heavy atom. The van der Waals surface area contributed by atoms with Crippen molar-refractivity contribution in [1.29, 1.82) is 0 Å². The smallest absolute Gasteiger partial charge is 0.255 e. The topological polar surface area (TPSA) is 58.6 Å². The lowest BCUT2D eigenvalue weighted by atomic mass is 9.97. The van der Waals surface area contributed by atoms with Gasteiger partial charge < -0.3 is 15.0 Å². The molecule has 2 rings (SSSR count). The van der Waals surface area contributed by atoms with Crippen LogP contribution in [-0.4, -0.2) is 42.5 Å². The van der Waals surface area contributed by atoms with Crippen molar-refractivity contribution in [2.24, 2.45) is 11.8 Å². The minimum absolute atomic E-state index is 0.0548. The van der Waals surface area contributed by atoms with Crippen molar-refractivity contribution in [3.05, 3.63) is 29.8 Å². The van der Waals surface area contributed by atoms with Crippen molar-refractivity contribution in [3.63, 3.8) is 0 Å². The number of hydrogen-bond donors (Lipinski definition) is 1. The molecule has 1 aromatic rings. The lowest BCUT2D eigenvalue weighted by molar-refractivity contribution is -0.136. The van der Waals surface area contributed by atoms with Crippen LogP contribution in [0.25, 0.3) is 0 Å². The largest absolute Gasteiger partial charge is 0.492 e. The first-order valence-corrected chi connectivity index (χ1v) is 9.20. The van der Waals surface area contributed by atoms with Gasteiger partial charge >= 0.3 is 0 Å². The fourth-order valence-electron chi connectivity index (χ4n) is 3.01. The molecule has 1 fully saturated rings. The third kappa shape index (κ3) is 5.48. The summed E-state index contributed by atoms with van der Waals surface area (Å²) in [5.74, 6) is 1.22. The molecule has 0 aromatic heterocycles. The van der Waals surface area contributed by atoms with E-state index >= 15 is 0 Å². The molecule has 1 aliphatic rings. The summed E-state index contributed by atoms with van der Waals surface area (Å²) in [4.78, 5) is 26.3. The molecule has 5 nitrogen and oxygen atoms in total. The summed E-state index contributed by atoms with van der Waals surface area (Å²) in [6, 6.07) is 7.44.